The molecule has 15 heavy (non-hydrogen) atoms. The second-order valence-electron chi connectivity index (χ2n) is 4.02. The number of hydrogen-bond acceptors (Lipinski definition) is 2. The Labute approximate surface area is 92.3 Å². The monoisotopic (exact) mass is 207 g/mol. The molecule has 0 amide bonds. The van der Waals surface area contributed by atoms with Gasteiger partial charge in [-0.25, -0.2) is 0 Å². The van der Waals surface area contributed by atoms with Gasteiger partial charge in [0.15, 0.2) is 0 Å². The largest absolute Gasteiger partial charge is 0.388 e. The highest BCUT2D eigenvalue weighted by molar-refractivity contribution is 5.17. The molecule has 0 aliphatic carbocycles. The number of nitrogens with one attached hydrogen (secondary N) is 1. The minimum absolute atomic E-state index is 0.614. The number of aliphatic hydroxyl groups is 1. The van der Waals surface area contributed by atoms with E-state index in [9.17, 15) is 5.11 Å². The van der Waals surface area contributed by atoms with Crippen LogP contribution in [-0.2, 0) is 6.42 Å². The lowest BCUT2D eigenvalue weighted by atomic mass is 9.92. The Kier molecular flexibility index (Phi) is 4.79. The Morgan fingerprint density at radius 3 is 2.40 bits per heavy atom. The molecular weight excluding hydrogens is 186 g/mol. The van der Waals surface area contributed by atoms with Crippen molar-refractivity contribution in [3.05, 3.63) is 35.9 Å². The van der Waals surface area contributed by atoms with Gasteiger partial charge >= 0.3 is 0 Å². The molecule has 1 aromatic rings. The van der Waals surface area contributed by atoms with E-state index in [1.807, 2.05) is 25.1 Å². The van der Waals surface area contributed by atoms with Crippen molar-refractivity contribution in [2.45, 2.75) is 32.3 Å². The lowest BCUT2D eigenvalue weighted by Crippen LogP contribution is -2.42. The summed E-state index contributed by atoms with van der Waals surface area (Å²) in [5.41, 5.74) is 0.580. The fourth-order valence-corrected chi connectivity index (χ4v) is 1.65. The van der Waals surface area contributed by atoms with E-state index in [1.165, 1.54) is 5.56 Å². The number of rotatable bonds is 6. The molecule has 0 saturated heterocycles. The SMILES string of the molecule is CCNCC(O)(CC)Cc1ccccc1. The van der Waals surface area contributed by atoms with Crippen LogP contribution in [0.3, 0.4) is 0 Å². The summed E-state index contributed by atoms with van der Waals surface area (Å²) in [4.78, 5) is 0. The smallest absolute Gasteiger partial charge is 0.0809 e. The molecule has 1 atom stereocenters. The van der Waals surface area contributed by atoms with Gasteiger partial charge in [-0.05, 0) is 18.5 Å². The molecule has 0 bridgehead atoms. The maximum atomic E-state index is 10.3. The van der Waals surface area contributed by atoms with E-state index in [0.717, 1.165) is 19.4 Å². The van der Waals surface area contributed by atoms with Crippen LogP contribution in [0.15, 0.2) is 30.3 Å². The highest BCUT2D eigenvalue weighted by atomic mass is 16.3. The van der Waals surface area contributed by atoms with Crippen molar-refractivity contribution in [3.63, 3.8) is 0 Å². The van der Waals surface area contributed by atoms with Crippen LogP contribution in [0.4, 0.5) is 0 Å². The van der Waals surface area contributed by atoms with Gasteiger partial charge in [-0.3, -0.25) is 0 Å². The summed E-state index contributed by atoms with van der Waals surface area (Å²) in [5, 5.41) is 13.6. The molecule has 0 radical (unpaired) electrons. The topological polar surface area (TPSA) is 32.3 Å². The summed E-state index contributed by atoms with van der Waals surface area (Å²) in [7, 11) is 0. The lowest BCUT2D eigenvalue weighted by Gasteiger charge is -2.27. The van der Waals surface area contributed by atoms with Crippen LogP contribution in [-0.4, -0.2) is 23.8 Å². The highest BCUT2D eigenvalue weighted by Crippen LogP contribution is 2.16. The van der Waals surface area contributed by atoms with Crippen LogP contribution < -0.4 is 5.32 Å². The van der Waals surface area contributed by atoms with E-state index in [1.54, 1.807) is 0 Å². The minimum Gasteiger partial charge on any atom is -0.388 e. The Bertz CT molecular complexity index is 273. The van der Waals surface area contributed by atoms with Gasteiger partial charge in [-0.1, -0.05) is 44.2 Å². The summed E-state index contributed by atoms with van der Waals surface area (Å²) in [6, 6.07) is 10.1. The molecule has 0 aromatic heterocycles. The third-order valence-corrected chi connectivity index (χ3v) is 2.74. The maximum absolute atomic E-state index is 10.3. The summed E-state index contributed by atoms with van der Waals surface area (Å²) in [6.45, 7) is 5.64. The van der Waals surface area contributed by atoms with Gasteiger partial charge in [0, 0.05) is 13.0 Å². The fourth-order valence-electron chi connectivity index (χ4n) is 1.65. The highest BCUT2D eigenvalue weighted by Gasteiger charge is 2.24. The van der Waals surface area contributed by atoms with E-state index < -0.39 is 5.60 Å². The van der Waals surface area contributed by atoms with Gasteiger partial charge in [0.25, 0.3) is 0 Å². The number of benzene rings is 1. The summed E-state index contributed by atoms with van der Waals surface area (Å²) in [5.74, 6) is 0. The Morgan fingerprint density at radius 1 is 1.20 bits per heavy atom. The first-order valence-electron chi connectivity index (χ1n) is 5.67. The third-order valence-electron chi connectivity index (χ3n) is 2.74. The summed E-state index contributed by atoms with van der Waals surface area (Å²) in [6.07, 6.45) is 1.49. The predicted octanol–water partition coefficient (Wildman–Crippen LogP) is 1.98. The number of likely N-dealkylation sites (N-methyl/N-ethyl adjacent to an activating group) is 1. The quantitative estimate of drug-likeness (QED) is 0.747. The first-order chi connectivity index (χ1) is 7.20. The van der Waals surface area contributed by atoms with Crippen LogP contribution in [0.25, 0.3) is 0 Å². The van der Waals surface area contributed by atoms with E-state index in [4.69, 9.17) is 0 Å². The van der Waals surface area contributed by atoms with Gasteiger partial charge in [0.2, 0.25) is 0 Å². The molecule has 0 aliphatic rings. The van der Waals surface area contributed by atoms with Gasteiger partial charge in [-0.15, -0.1) is 0 Å². The molecule has 0 saturated carbocycles. The van der Waals surface area contributed by atoms with Crippen LogP contribution >= 0.6 is 0 Å². The van der Waals surface area contributed by atoms with Crippen LogP contribution in [0, 0.1) is 0 Å². The maximum Gasteiger partial charge on any atom is 0.0809 e. The normalized spacial score (nSPS) is 14.9. The average molecular weight is 207 g/mol. The Morgan fingerprint density at radius 2 is 1.87 bits per heavy atom. The average Bonchev–Trinajstić information content (AvgIpc) is 2.28. The van der Waals surface area contributed by atoms with E-state index in [0.29, 0.717) is 6.54 Å². The Balaban J connectivity index is 2.59. The second-order valence-corrected chi connectivity index (χ2v) is 4.02. The molecule has 1 aromatic carbocycles. The van der Waals surface area contributed by atoms with Crippen LogP contribution in [0.5, 0.6) is 0 Å². The zero-order valence-corrected chi connectivity index (χ0v) is 9.66. The van der Waals surface area contributed by atoms with E-state index in [2.05, 4.69) is 24.4 Å². The zero-order chi connectivity index (χ0) is 11.1. The molecule has 0 fully saturated rings. The van der Waals surface area contributed by atoms with E-state index in [-0.39, 0.29) is 0 Å². The molecule has 0 heterocycles. The third kappa shape index (κ3) is 4.02. The standard InChI is InChI=1S/C13H21NO/c1-3-13(15,11-14-4-2)10-12-8-6-5-7-9-12/h5-9,14-15H,3-4,10-11H2,1-2H3. The van der Waals surface area contributed by atoms with Crippen molar-refractivity contribution >= 4 is 0 Å². The fraction of sp³-hybridized carbons (Fsp3) is 0.538. The van der Waals surface area contributed by atoms with Gasteiger partial charge < -0.3 is 10.4 Å². The van der Waals surface area contributed by atoms with Crippen LogP contribution in [0.2, 0.25) is 0 Å². The summed E-state index contributed by atoms with van der Waals surface area (Å²) >= 11 is 0. The van der Waals surface area contributed by atoms with Crippen molar-refractivity contribution in [3.8, 4) is 0 Å². The second kappa shape index (κ2) is 5.89. The van der Waals surface area contributed by atoms with E-state index >= 15 is 0 Å². The van der Waals surface area contributed by atoms with Crippen molar-refractivity contribution in [2.24, 2.45) is 0 Å². The van der Waals surface area contributed by atoms with Crippen molar-refractivity contribution in [2.75, 3.05) is 13.1 Å². The number of hydrogen-bond donors (Lipinski definition) is 2. The molecular formula is C13H21NO. The molecule has 2 nitrogen and oxygen atoms in total. The van der Waals surface area contributed by atoms with Crippen LogP contribution in [0.1, 0.15) is 25.8 Å². The summed E-state index contributed by atoms with van der Waals surface area (Å²) < 4.78 is 0. The lowest BCUT2D eigenvalue weighted by molar-refractivity contribution is 0.0372. The molecule has 2 N–H and O–H groups in total. The van der Waals surface area contributed by atoms with Crippen molar-refractivity contribution in [1.82, 2.24) is 5.32 Å². The molecule has 2 heteroatoms. The van der Waals surface area contributed by atoms with Crippen molar-refractivity contribution < 1.29 is 5.11 Å². The van der Waals surface area contributed by atoms with Gasteiger partial charge in [0.1, 0.15) is 0 Å². The Hall–Kier alpha value is -0.860. The molecule has 0 aliphatic heterocycles. The first kappa shape index (κ1) is 12.2. The van der Waals surface area contributed by atoms with Gasteiger partial charge in [0.05, 0.1) is 5.60 Å². The van der Waals surface area contributed by atoms with Crippen molar-refractivity contribution in [1.29, 1.82) is 0 Å². The first-order valence-corrected chi connectivity index (χ1v) is 5.67. The zero-order valence-electron chi connectivity index (χ0n) is 9.66. The van der Waals surface area contributed by atoms with Gasteiger partial charge in [-0.2, -0.15) is 0 Å². The minimum atomic E-state index is -0.614. The molecule has 0 spiro atoms. The molecule has 84 valence electrons. The predicted molar refractivity (Wildman–Crippen MR) is 63.9 cm³/mol. The molecule has 1 rings (SSSR count). The molecule has 1 unspecified atom stereocenters.